The largest absolute Gasteiger partial charge is 0.452 e. The summed E-state index contributed by atoms with van der Waals surface area (Å²) in [6, 6.07) is 3.78. The standard InChI is InChI=1S/C14H12ClN3O6/c1-7-13(8(2)24-17-7)14(20)23-6-12(19)16-9-3-4-10(15)11(5-9)18(21)22/h3-5H,6H2,1-2H3,(H,16,19). The summed E-state index contributed by atoms with van der Waals surface area (Å²) in [5.41, 5.74) is 0.322. The van der Waals surface area contributed by atoms with Crippen LogP contribution in [0.25, 0.3) is 0 Å². The van der Waals surface area contributed by atoms with E-state index in [1.807, 2.05) is 0 Å². The minimum Gasteiger partial charge on any atom is -0.452 e. The van der Waals surface area contributed by atoms with Gasteiger partial charge in [-0.15, -0.1) is 0 Å². The van der Waals surface area contributed by atoms with Crippen molar-refractivity contribution in [3.8, 4) is 0 Å². The molecule has 2 aromatic rings. The smallest absolute Gasteiger partial charge is 0.344 e. The van der Waals surface area contributed by atoms with Crippen LogP contribution in [-0.4, -0.2) is 28.6 Å². The molecule has 1 N–H and O–H groups in total. The summed E-state index contributed by atoms with van der Waals surface area (Å²) in [6.45, 7) is 2.54. The molecule has 9 nitrogen and oxygen atoms in total. The molecule has 10 heteroatoms. The number of nitrogens with one attached hydrogen (secondary N) is 1. The molecule has 0 atom stereocenters. The van der Waals surface area contributed by atoms with Crippen molar-refractivity contribution in [1.82, 2.24) is 5.16 Å². The molecular weight excluding hydrogens is 342 g/mol. The van der Waals surface area contributed by atoms with Crippen LogP contribution in [0.1, 0.15) is 21.8 Å². The van der Waals surface area contributed by atoms with E-state index < -0.39 is 23.4 Å². The fraction of sp³-hybridized carbons (Fsp3) is 0.214. The molecule has 1 aromatic heterocycles. The molecule has 0 unspecified atom stereocenters. The molecule has 0 bridgehead atoms. The van der Waals surface area contributed by atoms with Crippen molar-refractivity contribution in [3.05, 3.63) is 50.4 Å². The summed E-state index contributed by atoms with van der Waals surface area (Å²) in [6.07, 6.45) is 0. The van der Waals surface area contributed by atoms with Crippen LogP contribution in [0.15, 0.2) is 22.7 Å². The van der Waals surface area contributed by atoms with E-state index in [2.05, 4.69) is 10.5 Å². The molecule has 0 saturated carbocycles. The van der Waals surface area contributed by atoms with Gasteiger partial charge in [0, 0.05) is 11.8 Å². The van der Waals surface area contributed by atoms with Crippen LogP contribution in [0.3, 0.4) is 0 Å². The van der Waals surface area contributed by atoms with E-state index in [1.165, 1.54) is 12.1 Å². The van der Waals surface area contributed by atoms with Crippen molar-refractivity contribution >= 4 is 34.9 Å². The van der Waals surface area contributed by atoms with Gasteiger partial charge in [0.15, 0.2) is 6.61 Å². The molecule has 0 spiro atoms. The minimum atomic E-state index is -0.747. The Labute approximate surface area is 140 Å². The second kappa shape index (κ2) is 7.09. The highest BCUT2D eigenvalue weighted by molar-refractivity contribution is 6.32. The van der Waals surface area contributed by atoms with E-state index in [0.29, 0.717) is 5.69 Å². The summed E-state index contributed by atoms with van der Waals surface area (Å²) >= 11 is 5.68. The molecule has 2 rings (SSSR count). The van der Waals surface area contributed by atoms with Crippen molar-refractivity contribution in [3.63, 3.8) is 0 Å². The van der Waals surface area contributed by atoms with Crippen molar-refractivity contribution in [2.24, 2.45) is 0 Å². The van der Waals surface area contributed by atoms with Crippen LogP contribution in [0.4, 0.5) is 11.4 Å². The van der Waals surface area contributed by atoms with E-state index >= 15 is 0 Å². The second-order valence-electron chi connectivity index (χ2n) is 4.75. The first-order valence-electron chi connectivity index (χ1n) is 6.63. The summed E-state index contributed by atoms with van der Waals surface area (Å²) in [4.78, 5) is 33.8. The van der Waals surface area contributed by atoms with Gasteiger partial charge in [-0.2, -0.15) is 0 Å². The molecule has 1 aromatic carbocycles. The Morgan fingerprint density at radius 3 is 2.71 bits per heavy atom. The van der Waals surface area contributed by atoms with E-state index in [0.717, 1.165) is 6.07 Å². The van der Waals surface area contributed by atoms with E-state index in [9.17, 15) is 19.7 Å². The van der Waals surface area contributed by atoms with Crippen LogP contribution in [0, 0.1) is 24.0 Å². The first-order chi connectivity index (χ1) is 11.3. The van der Waals surface area contributed by atoms with Gasteiger partial charge in [0.25, 0.3) is 11.6 Å². The Morgan fingerprint density at radius 2 is 2.12 bits per heavy atom. The molecule has 0 aliphatic carbocycles. The molecule has 0 saturated heterocycles. The topological polar surface area (TPSA) is 125 Å². The lowest BCUT2D eigenvalue weighted by Gasteiger charge is -2.07. The third-order valence-electron chi connectivity index (χ3n) is 3.00. The molecule has 1 amide bonds. The molecular formula is C14H12ClN3O6. The van der Waals surface area contributed by atoms with Crippen molar-refractivity contribution in [2.75, 3.05) is 11.9 Å². The van der Waals surface area contributed by atoms with Crippen LogP contribution in [-0.2, 0) is 9.53 Å². The minimum absolute atomic E-state index is 0.0529. The molecule has 1 heterocycles. The summed E-state index contributed by atoms with van der Waals surface area (Å²) in [5, 5.41) is 16.7. The third-order valence-corrected chi connectivity index (χ3v) is 3.32. The lowest BCUT2D eigenvalue weighted by Crippen LogP contribution is -2.21. The molecule has 0 aliphatic rings. The maximum atomic E-state index is 11.9. The quantitative estimate of drug-likeness (QED) is 0.497. The average Bonchev–Trinajstić information content (AvgIpc) is 2.85. The van der Waals surface area contributed by atoms with Gasteiger partial charge in [0.2, 0.25) is 0 Å². The number of anilines is 1. The number of carbonyl (C=O) groups excluding carboxylic acids is 2. The number of carbonyl (C=O) groups is 2. The number of esters is 1. The lowest BCUT2D eigenvalue weighted by molar-refractivity contribution is -0.384. The number of benzene rings is 1. The van der Waals surface area contributed by atoms with Crippen LogP contribution >= 0.6 is 11.6 Å². The second-order valence-corrected chi connectivity index (χ2v) is 5.15. The van der Waals surface area contributed by atoms with Gasteiger partial charge < -0.3 is 14.6 Å². The molecule has 0 fully saturated rings. The number of hydrogen-bond acceptors (Lipinski definition) is 7. The lowest BCUT2D eigenvalue weighted by atomic mass is 10.2. The number of amides is 1. The van der Waals surface area contributed by atoms with Crippen molar-refractivity contribution in [1.29, 1.82) is 0 Å². The Kier molecular flexibility index (Phi) is 5.14. The highest BCUT2D eigenvalue weighted by Gasteiger charge is 2.20. The highest BCUT2D eigenvalue weighted by Crippen LogP contribution is 2.27. The number of hydrogen-bond donors (Lipinski definition) is 1. The van der Waals surface area contributed by atoms with E-state index in [-0.39, 0.29) is 27.7 Å². The number of halogens is 1. The zero-order valence-corrected chi connectivity index (χ0v) is 13.4. The Hall–Kier alpha value is -2.94. The van der Waals surface area contributed by atoms with Crippen molar-refractivity contribution in [2.45, 2.75) is 13.8 Å². The SMILES string of the molecule is Cc1noc(C)c1C(=O)OCC(=O)Nc1ccc(Cl)c([N+](=O)[O-])c1. The van der Waals surface area contributed by atoms with Crippen LogP contribution in [0.2, 0.25) is 5.02 Å². The maximum Gasteiger partial charge on any atom is 0.344 e. The Bertz CT molecular complexity index is 797. The molecule has 24 heavy (non-hydrogen) atoms. The maximum absolute atomic E-state index is 11.9. The summed E-state index contributed by atoms with van der Waals surface area (Å²) in [5.74, 6) is -1.12. The fourth-order valence-corrected chi connectivity index (χ4v) is 2.09. The van der Waals surface area contributed by atoms with Gasteiger partial charge in [-0.3, -0.25) is 14.9 Å². The van der Waals surface area contributed by atoms with Crippen molar-refractivity contribution < 1.29 is 23.8 Å². The Morgan fingerprint density at radius 1 is 1.42 bits per heavy atom. The van der Waals surface area contributed by atoms with Gasteiger partial charge in [0.05, 0.1) is 10.6 Å². The Balaban J connectivity index is 1.98. The monoisotopic (exact) mass is 353 g/mol. The van der Waals surface area contributed by atoms with Gasteiger partial charge in [-0.05, 0) is 26.0 Å². The predicted molar refractivity (Wildman–Crippen MR) is 83.0 cm³/mol. The number of nitro benzene ring substituents is 1. The summed E-state index contributed by atoms with van der Waals surface area (Å²) in [7, 11) is 0. The molecule has 0 aliphatic heterocycles. The van der Waals surface area contributed by atoms with Gasteiger partial charge in [-0.25, -0.2) is 4.79 Å². The fourth-order valence-electron chi connectivity index (χ4n) is 1.91. The zero-order valence-electron chi connectivity index (χ0n) is 12.7. The first-order valence-corrected chi connectivity index (χ1v) is 7.01. The normalized spacial score (nSPS) is 10.3. The number of ether oxygens (including phenoxy) is 1. The van der Waals surface area contributed by atoms with Gasteiger partial charge >= 0.3 is 5.97 Å². The number of aromatic nitrogens is 1. The summed E-state index contributed by atoms with van der Waals surface area (Å²) < 4.78 is 9.71. The highest BCUT2D eigenvalue weighted by atomic mass is 35.5. The van der Waals surface area contributed by atoms with Crippen LogP contribution < -0.4 is 5.32 Å². The van der Waals surface area contributed by atoms with E-state index in [1.54, 1.807) is 13.8 Å². The number of aryl methyl sites for hydroxylation is 2. The van der Waals surface area contributed by atoms with Crippen LogP contribution in [0.5, 0.6) is 0 Å². The zero-order chi connectivity index (χ0) is 17.9. The molecule has 0 radical (unpaired) electrons. The predicted octanol–water partition coefficient (Wildman–Crippen LogP) is 2.65. The average molecular weight is 354 g/mol. The number of nitro groups is 1. The third kappa shape index (κ3) is 3.87. The number of nitrogens with zero attached hydrogens (tertiary/aromatic N) is 2. The van der Waals surface area contributed by atoms with Gasteiger partial charge in [-0.1, -0.05) is 16.8 Å². The first kappa shape index (κ1) is 17.4. The molecule has 126 valence electrons. The van der Waals surface area contributed by atoms with E-state index in [4.69, 9.17) is 20.9 Å². The van der Waals surface area contributed by atoms with Gasteiger partial charge in [0.1, 0.15) is 16.3 Å². The number of rotatable bonds is 5.